The minimum absolute atomic E-state index is 0.540. The van der Waals surface area contributed by atoms with Gasteiger partial charge >= 0.3 is 0 Å². The van der Waals surface area contributed by atoms with E-state index in [0.717, 1.165) is 34.5 Å². The summed E-state index contributed by atoms with van der Waals surface area (Å²) in [5.74, 6) is 5.31. The zero-order chi connectivity index (χ0) is 31.4. The molecule has 3 atom stereocenters. The number of hydrogen-bond acceptors (Lipinski definition) is 6. The normalized spacial score (nSPS) is 14.7. The lowest BCUT2D eigenvalue weighted by Crippen LogP contribution is -2.29. The summed E-state index contributed by atoms with van der Waals surface area (Å²) in [4.78, 5) is 0. The summed E-state index contributed by atoms with van der Waals surface area (Å²) in [6.07, 6.45) is 0. The Morgan fingerprint density at radius 3 is 0.977 bits per heavy atom. The van der Waals surface area contributed by atoms with Gasteiger partial charge < -0.3 is 28.4 Å². The molecule has 0 radical (unpaired) electrons. The molecule has 6 nitrogen and oxygen atoms in total. The lowest BCUT2D eigenvalue weighted by molar-refractivity contribution is 0.357. The quantitative estimate of drug-likeness (QED) is 0.196. The van der Waals surface area contributed by atoms with Crippen molar-refractivity contribution in [3.05, 3.63) is 54.6 Å². The van der Waals surface area contributed by atoms with Crippen LogP contribution in [0, 0.1) is 0 Å². The van der Waals surface area contributed by atoms with Crippen molar-refractivity contribution < 1.29 is 28.4 Å². The molecule has 0 N–H and O–H groups in total. The number of para-hydroxylation sites is 3. The van der Waals surface area contributed by atoms with Gasteiger partial charge in [-0.2, -0.15) is 0 Å². The smallest absolute Gasteiger partial charge is 0.160 e. The molecule has 0 fully saturated rings. The molecule has 236 valence electrons. The van der Waals surface area contributed by atoms with Gasteiger partial charge in [0.15, 0.2) is 34.5 Å². The molecule has 43 heavy (non-hydrogen) atoms. The molecule has 0 heterocycles. The Morgan fingerprint density at radius 2 is 0.744 bits per heavy atom. The van der Waals surface area contributed by atoms with Crippen molar-refractivity contribution in [2.75, 3.05) is 42.7 Å². The SMILES string of the molecule is COc1cccc([SiH2]C(C)C[SiH](CC(C)[SiH2]c2cccc(OC)c2OC)CC(C)[SiH2]c2cccc(OC)c2OC)c1OC. The van der Waals surface area contributed by atoms with E-state index < -0.39 is 37.4 Å². The zero-order valence-electron chi connectivity index (χ0n) is 27.7. The Kier molecular flexibility index (Phi) is 14.2. The van der Waals surface area contributed by atoms with E-state index in [0.29, 0.717) is 16.6 Å². The van der Waals surface area contributed by atoms with E-state index in [2.05, 4.69) is 57.2 Å². The van der Waals surface area contributed by atoms with Gasteiger partial charge in [0.2, 0.25) is 0 Å². The lowest BCUT2D eigenvalue weighted by atomic mass is 10.3. The van der Waals surface area contributed by atoms with E-state index in [1.807, 2.05) is 18.2 Å². The first-order valence-corrected chi connectivity index (χ1v) is 22.4. The molecule has 3 aromatic carbocycles. The first-order chi connectivity index (χ1) is 20.8. The molecule has 0 amide bonds. The van der Waals surface area contributed by atoms with Crippen LogP contribution in [-0.2, 0) is 0 Å². The highest BCUT2D eigenvalue weighted by Crippen LogP contribution is 2.32. The summed E-state index contributed by atoms with van der Waals surface area (Å²) in [6, 6.07) is 23.2. The standard InChI is InChI=1S/C33H52O6Si4/c1-22(40-28-16-10-13-25(34-4)31(28)37-7)19-43(20-23(2)41-29-17-11-14-26(35-5)32(29)38-8)21-24(3)42-30-18-12-15-27(36-6)33(30)39-9/h10-18,22-24,43H,19-21,40-42H2,1-9H3. The van der Waals surface area contributed by atoms with E-state index in [9.17, 15) is 0 Å². The molecule has 0 aliphatic heterocycles. The van der Waals surface area contributed by atoms with Crippen molar-refractivity contribution in [2.45, 2.75) is 55.5 Å². The van der Waals surface area contributed by atoms with Crippen molar-refractivity contribution >= 4 is 52.9 Å². The topological polar surface area (TPSA) is 55.4 Å². The Morgan fingerprint density at radius 1 is 0.465 bits per heavy atom. The van der Waals surface area contributed by atoms with Gasteiger partial charge in [0.25, 0.3) is 0 Å². The Labute approximate surface area is 267 Å². The van der Waals surface area contributed by atoms with Gasteiger partial charge in [-0.3, -0.25) is 0 Å². The maximum atomic E-state index is 5.80. The second-order valence-electron chi connectivity index (χ2n) is 12.0. The zero-order valence-corrected chi connectivity index (χ0v) is 33.1. The Balaban J connectivity index is 1.80. The predicted molar refractivity (Wildman–Crippen MR) is 193 cm³/mol. The van der Waals surface area contributed by atoms with Gasteiger partial charge in [0.05, 0.1) is 71.2 Å². The van der Waals surface area contributed by atoms with Gasteiger partial charge in [0.1, 0.15) is 0 Å². The third kappa shape index (κ3) is 9.66. The number of benzene rings is 3. The van der Waals surface area contributed by atoms with Crippen molar-refractivity contribution in [2.24, 2.45) is 0 Å². The Bertz CT molecular complexity index is 1130. The largest absolute Gasteiger partial charge is 0.493 e. The maximum absolute atomic E-state index is 5.80. The molecule has 0 bridgehead atoms. The number of methoxy groups -OCH3 is 6. The second kappa shape index (κ2) is 17.6. The fraction of sp³-hybridized carbons (Fsp3) is 0.455. The fourth-order valence-corrected chi connectivity index (χ4v) is 21.5. The Hall–Kier alpha value is -2.67. The first kappa shape index (κ1) is 34.8. The van der Waals surface area contributed by atoms with Crippen LogP contribution in [0.5, 0.6) is 34.5 Å². The minimum Gasteiger partial charge on any atom is -0.493 e. The van der Waals surface area contributed by atoms with Gasteiger partial charge in [-0.1, -0.05) is 91.9 Å². The van der Waals surface area contributed by atoms with Gasteiger partial charge in [-0.05, 0) is 33.8 Å². The summed E-state index contributed by atoms with van der Waals surface area (Å²) in [5, 5.41) is 4.11. The van der Waals surface area contributed by atoms with Crippen LogP contribution in [0.15, 0.2) is 54.6 Å². The van der Waals surface area contributed by atoms with Crippen LogP contribution in [0.3, 0.4) is 0 Å². The van der Waals surface area contributed by atoms with E-state index in [4.69, 9.17) is 28.4 Å². The van der Waals surface area contributed by atoms with E-state index in [1.165, 1.54) is 33.7 Å². The lowest BCUT2D eigenvalue weighted by Gasteiger charge is -2.26. The summed E-state index contributed by atoms with van der Waals surface area (Å²) in [6.45, 7) is 7.43. The minimum atomic E-state index is -1.08. The summed E-state index contributed by atoms with van der Waals surface area (Å²) >= 11 is 0. The van der Waals surface area contributed by atoms with Crippen molar-refractivity contribution in [1.82, 2.24) is 0 Å². The highest BCUT2D eigenvalue weighted by atomic mass is 28.3. The highest BCUT2D eigenvalue weighted by Gasteiger charge is 2.25. The van der Waals surface area contributed by atoms with Crippen molar-refractivity contribution in [3.63, 3.8) is 0 Å². The third-order valence-electron chi connectivity index (χ3n) is 8.37. The van der Waals surface area contributed by atoms with Gasteiger partial charge in [0, 0.05) is 8.80 Å². The number of hydrogen-bond donors (Lipinski definition) is 0. The highest BCUT2D eigenvalue weighted by molar-refractivity contribution is 6.68. The third-order valence-corrected chi connectivity index (χ3v) is 20.9. The average Bonchev–Trinajstić information content (AvgIpc) is 3.00. The molecule has 3 rings (SSSR count). The molecule has 0 aliphatic carbocycles. The van der Waals surface area contributed by atoms with Crippen LogP contribution >= 0.6 is 0 Å². The number of ether oxygens (including phenoxy) is 6. The van der Waals surface area contributed by atoms with Crippen LogP contribution in [-0.4, -0.2) is 80.0 Å². The summed E-state index contributed by atoms with van der Waals surface area (Å²) in [5.41, 5.74) is 2.12. The van der Waals surface area contributed by atoms with E-state index >= 15 is 0 Å². The van der Waals surface area contributed by atoms with Crippen LogP contribution in [0.25, 0.3) is 0 Å². The second-order valence-corrected chi connectivity index (χ2v) is 22.8. The molecule has 0 aliphatic rings. The van der Waals surface area contributed by atoms with Crippen LogP contribution in [0.4, 0.5) is 0 Å². The molecule has 0 saturated heterocycles. The summed E-state index contributed by atoms with van der Waals surface area (Å²) in [7, 11) is 7.75. The molecular formula is C33H52O6Si4. The van der Waals surface area contributed by atoms with Crippen LogP contribution in [0.2, 0.25) is 34.8 Å². The molecule has 0 aromatic heterocycles. The number of rotatable bonds is 18. The average molecular weight is 657 g/mol. The van der Waals surface area contributed by atoms with Gasteiger partial charge in [-0.25, -0.2) is 0 Å². The molecule has 0 spiro atoms. The van der Waals surface area contributed by atoms with Crippen LogP contribution < -0.4 is 44.0 Å². The van der Waals surface area contributed by atoms with E-state index in [1.54, 1.807) is 42.7 Å². The first-order valence-electron chi connectivity index (χ1n) is 15.4. The monoisotopic (exact) mass is 656 g/mol. The maximum Gasteiger partial charge on any atom is 0.160 e. The van der Waals surface area contributed by atoms with Crippen molar-refractivity contribution in [3.8, 4) is 34.5 Å². The van der Waals surface area contributed by atoms with Crippen LogP contribution in [0.1, 0.15) is 20.8 Å². The predicted octanol–water partition coefficient (Wildman–Crippen LogP) is 3.17. The van der Waals surface area contributed by atoms with Crippen molar-refractivity contribution in [1.29, 1.82) is 0 Å². The molecule has 10 heteroatoms. The molecule has 3 unspecified atom stereocenters. The molecule has 3 aromatic rings. The van der Waals surface area contributed by atoms with Gasteiger partial charge in [-0.15, -0.1) is 0 Å². The summed E-state index contributed by atoms with van der Waals surface area (Å²) < 4.78 is 34.2. The van der Waals surface area contributed by atoms with E-state index in [-0.39, 0.29) is 0 Å². The molecular weight excluding hydrogens is 605 g/mol. The molecule has 0 saturated carbocycles. The fourth-order valence-electron chi connectivity index (χ4n) is 6.72.